The van der Waals surface area contributed by atoms with Gasteiger partial charge in [0.25, 0.3) is 0 Å². The van der Waals surface area contributed by atoms with Gasteiger partial charge in [-0.05, 0) is 49.9 Å². The van der Waals surface area contributed by atoms with Gasteiger partial charge < -0.3 is 18.9 Å². The first-order valence-electron chi connectivity index (χ1n) is 11.8. The fourth-order valence-electron chi connectivity index (χ4n) is 5.25. The summed E-state index contributed by atoms with van der Waals surface area (Å²) in [6, 6.07) is 13.3. The number of hydrogen-bond acceptors (Lipinski definition) is 7. The number of rotatable bonds is 7. The molecule has 4 rings (SSSR count). The molecule has 1 aliphatic heterocycles. The van der Waals surface area contributed by atoms with Crippen LogP contribution in [-0.4, -0.2) is 45.4 Å². The zero-order valence-electron chi connectivity index (χ0n) is 20.8. The molecule has 0 saturated heterocycles. The summed E-state index contributed by atoms with van der Waals surface area (Å²) in [7, 11) is 4.54. The van der Waals surface area contributed by atoms with Crippen molar-refractivity contribution in [1.29, 1.82) is 0 Å². The molecule has 1 unspecified atom stereocenters. The van der Waals surface area contributed by atoms with Crippen molar-refractivity contribution in [2.45, 2.75) is 38.5 Å². The Hall–Kier alpha value is -3.61. The summed E-state index contributed by atoms with van der Waals surface area (Å²) < 4.78 is 21.8. The van der Waals surface area contributed by atoms with Crippen molar-refractivity contribution in [3.8, 4) is 17.2 Å². The van der Waals surface area contributed by atoms with Crippen LogP contribution in [0.25, 0.3) is 0 Å². The number of carbonyl (C=O) groups excluding carboxylic acids is 2. The lowest BCUT2D eigenvalue weighted by atomic mass is 9.66. The lowest BCUT2D eigenvalue weighted by Gasteiger charge is -2.38. The highest BCUT2D eigenvalue weighted by Crippen LogP contribution is 2.48. The topological polar surface area (TPSA) is 83.4 Å². The molecule has 0 bridgehead atoms. The third-order valence-electron chi connectivity index (χ3n) is 6.79. The number of fused-ring (bicyclic) bond motifs is 1. The number of allylic oxidation sites excluding steroid dienone is 1. The second kappa shape index (κ2) is 10.3. The zero-order chi connectivity index (χ0) is 25.1. The Morgan fingerprint density at radius 3 is 2.40 bits per heavy atom. The Morgan fingerprint density at radius 1 is 0.971 bits per heavy atom. The predicted octanol–water partition coefficient (Wildman–Crippen LogP) is 4.85. The standard InChI is InChI=1S/C28H31NO6/c1-6-35-22-10-8-7-9-19(22)26-25(28(31)34-5)16(2)29-20-13-18(14-21(30)27(20)26)17-11-12-23(32-3)24(15-17)33-4/h7-12,15,18,26-27H,6,13-14H2,1-5H3/t18-,26+,27?/m0/s1. The minimum atomic E-state index is -0.550. The fourth-order valence-corrected chi connectivity index (χ4v) is 5.25. The highest BCUT2D eigenvalue weighted by molar-refractivity contribution is 6.12. The molecule has 2 aromatic rings. The van der Waals surface area contributed by atoms with Gasteiger partial charge in [-0.15, -0.1) is 0 Å². The molecular formula is C28H31NO6. The average Bonchev–Trinajstić information content (AvgIpc) is 2.87. The van der Waals surface area contributed by atoms with E-state index in [-0.39, 0.29) is 11.7 Å². The van der Waals surface area contributed by atoms with Gasteiger partial charge >= 0.3 is 5.97 Å². The molecule has 3 atom stereocenters. The molecule has 0 amide bonds. The van der Waals surface area contributed by atoms with Crippen molar-refractivity contribution >= 4 is 17.5 Å². The maximum atomic E-state index is 13.8. The van der Waals surface area contributed by atoms with Crippen LogP contribution in [0.15, 0.2) is 58.7 Å². The van der Waals surface area contributed by atoms with Crippen LogP contribution < -0.4 is 14.2 Å². The number of ketones is 1. The number of ether oxygens (including phenoxy) is 4. The number of Topliss-reactive ketones (excluding diaryl/α,β-unsaturated/α-hetero) is 1. The lowest BCUT2D eigenvalue weighted by Crippen LogP contribution is -2.41. The first-order valence-corrected chi connectivity index (χ1v) is 11.8. The van der Waals surface area contributed by atoms with E-state index in [1.54, 1.807) is 21.1 Å². The van der Waals surface area contributed by atoms with Crippen molar-refractivity contribution < 1.29 is 28.5 Å². The summed E-state index contributed by atoms with van der Waals surface area (Å²) in [5.74, 6) is 0.370. The largest absolute Gasteiger partial charge is 0.494 e. The summed E-state index contributed by atoms with van der Waals surface area (Å²) in [6.45, 7) is 4.18. The molecule has 1 aliphatic carbocycles. The van der Waals surface area contributed by atoms with Gasteiger partial charge in [0.1, 0.15) is 11.5 Å². The van der Waals surface area contributed by atoms with E-state index >= 15 is 0 Å². The van der Waals surface area contributed by atoms with Gasteiger partial charge in [-0.2, -0.15) is 0 Å². The summed E-state index contributed by atoms with van der Waals surface area (Å²) >= 11 is 0. The Kier molecular flexibility index (Phi) is 7.24. The highest BCUT2D eigenvalue weighted by Gasteiger charge is 2.46. The van der Waals surface area contributed by atoms with E-state index in [1.807, 2.05) is 49.4 Å². The molecule has 0 radical (unpaired) electrons. The van der Waals surface area contributed by atoms with E-state index in [4.69, 9.17) is 23.9 Å². The maximum absolute atomic E-state index is 13.8. The first-order chi connectivity index (χ1) is 16.9. The number of methoxy groups -OCH3 is 3. The van der Waals surface area contributed by atoms with Crippen molar-refractivity contribution in [2.24, 2.45) is 10.9 Å². The summed E-state index contributed by atoms with van der Waals surface area (Å²) in [6.07, 6.45) is 0.935. The molecular weight excluding hydrogens is 446 g/mol. The van der Waals surface area contributed by atoms with Gasteiger partial charge in [0.05, 0.1) is 39.4 Å². The molecule has 1 fully saturated rings. The van der Waals surface area contributed by atoms with Crippen LogP contribution in [0.4, 0.5) is 0 Å². The number of nitrogens with zero attached hydrogens (tertiary/aromatic N) is 1. The molecule has 1 heterocycles. The minimum Gasteiger partial charge on any atom is -0.494 e. The van der Waals surface area contributed by atoms with E-state index in [0.717, 1.165) is 16.8 Å². The minimum absolute atomic E-state index is 0.0417. The summed E-state index contributed by atoms with van der Waals surface area (Å²) in [5.41, 5.74) is 3.54. The molecule has 7 nitrogen and oxygen atoms in total. The number of esters is 1. The molecule has 0 aromatic heterocycles. The van der Waals surface area contributed by atoms with Crippen LogP contribution in [0.1, 0.15) is 49.7 Å². The molecule has 1 saturated carbocycles. The van der Waals surface area contributed by atoms with Crippen molar-refractivity contribution in [1.82, 2.24) is 0 Å². The Morgan fingerprint density at radius 2 is 1.71 bits per heavy atom. The van der Waals surface area contributed by atoms with Crippen LogP contribution in [0.5, 0.6) is 17.2 Å². The van der Waals surface area contributed by atoms with Crippen LogP contribution in [0, 0.1) is 5.92 Å². The van der Waals surface area contributed by atoms with Gasteiger partial charge in [0.15, 0.2) is 11.5 Å². The average molecular weight is 478 g/mol. The maximum Gasteiger partial charge on any atom is 0.336 e. The molecule has 0 spiro atoms. The molecule has 2 aromatic carbocycles. The van der Waals surface area contributed by atoms with Gasteiger partial charge in [-0.3, -0.25) is 9.79 Å². The third-order valence-corrected chi connectivity index (χ3v) is 6.79. The molecule has 0 N–H and O–H groups in total. The van der Waals surface area contributed by atoms with Gasteiger partial charge in [0, 0.05) is 29.3 Å². The van der Waals surface area contributed by atoms with Crippen molar-refractivity contribution in [3.63, 3.8) is 0 Å². The van der Waals surface area contributed by atoms with Crippen LogP contribution in [0.2, 0.25) is 0 Å². The first kappa shape index (κ1) is 24.5. The lowest BCUT2D eigenvalue weighted by molar-refractivity contribution is -0.136. The number of hydrogen-bond donors (Lipinski definition) is 0. The van der Waals surface area contributed by atoms with Gasteiger partial charge in [-0.25, -0.2) is 4.79 Å². The van der Waals surface area contributed by atoms with Crippen LogP contribution >= 0.6 is 0 Å². The van der Waals surface area contributed by atoms with Crippen molar-refractivity contribution in [2.75, 3.05) is 27.9 Å². The SMILES string of the molecule is CCOc1ccccc1[C@@H]1C(C(=O)OC)=C(C)N=C2C[C@H](c3ccc(OC)c(OC)c3)CC(=O)C21. The molecule has 184 valence electrons. The fraction of sp³-hybridized carbons (Fsp3) is 0.393. The second-order valence-corrected chi connectivity index (χ2v) is 8.71. The van der Waals surface area contributed by atoms with Gasteiger partial charge in [-0.1, -0.05) is 24.3 Å². The Bertz CT molecular complexity index is 1200. The number of para-hydroxylation sites is 1. The molecule has 7 heteroatoms. The van der Waals surface area contributed by atoms with Crippen LogP contribution in [-0.2, 0) is 14.3 Å². The molecule has 2 aliphatic rings. The second-order valence-electron chi connectivity index (χ2n) is 8.71. The predicted molar refractivity (Wildman–Crippen MR) is 133 cm³/mol. The van der Waals surface area contributed by atoms with E-state index in [0.29, 0.717) is 48.0 Å². The normalized spacial score (nSPS) is 21.7. The monoisotopic (exact) mass is 477 g/mol. The third kappa shape index (κ3) is 4.55. The summed E-state index contributed by atoms with van der Waals surface area (Å²) in [4.78, 5) is 31.4. The summed E-state index contributed by atoms with van der Waals surface area (Å²) in [5, 5.41) is 0. The molecule has 35 heavy (non-hydrogen) atoms. The number of aliphatic imine (C=N–C) groups is 1. The van der Waals surface area contributed by atoms with E-state index in [1.165, 1.54) is 7.11 Å². The Balaban J connectivity index is 1.79. The smallest absolute Gasteiger partial charge is 0.336 e. The van der Waals surface area contributed by atoms with E-state index < -0.39 is 17.8 Å². The van der Waals surface area contributed by atoms with Crippen LogP contribution in [0.3, 0.4) is 0 Å². The van der Waals surface area contributed by atoms with Crippen molar-refractivity contribution in [3.05, 3.63) is 64.9 Å². The quantitative estimate of drug-likeness (QED) is 0.530. The number of carbonyl (C=O) groups is 2. The van der Waals surface area contributed by atoms with E-state index in [2.05, 4.69) is 0 Å². The highest BCUT2D eigenvalue weighted by atomic mass is 16.5. The Labute approximate surface area is 205 Å². The number of benzene rings is 2. The zero-order valence-corrected chi connectivity index (χ0v) is 20.8. The van der Waals surface area contributed by atoms with E-state index in [9.17, 15) is 9.59 Å². The van der Waals surface area contributed by atoms with Gasteiger partial charge in [0.2, 0.25) is 0 Å².